The SMILES string of the molecule is NC(=O)C(=O)Nc1ccc(F)c(F)c1. The topological polar surface area (TPSA) is 72.2 Å². The average molecular weight is 200 g/mol. The van der Waals surface area contributed by atoms with Crippen molar-refractivity contribution in [3.8, 4) is 0 Å². The van der Waals surface area contributed by atoms with Gasteiger partial charge in [0.05, 0.1) is 0 Å². The molecule has 14 heavy (non-hydrogen) atoms. The summed E-state index contributed by atoms with van der Waals surface area (Å²) in [5.41, 5.74) is 4.60. The maximum atomic E-state index is 12.6. The molecule has 1 aromatic carbocycles. The summed E-state index contributed by atoms with van der Waals surface area (Å²) in [6.45, 7) is 0. The number of hydrogen-bond acceptors (Lipinski definition) is 2. The number of rotatable bonds is 1. The van der Waals surface area contributed by atoms with E-state index in [0.29, 0.717) is 0 Å². The molecular formula is C8H6F2N2O2. The molecule has 0 saturated heterocycles. The monoisotopic (exact) mass is 200 g/mol. The van der Waals surface area contributed by atoms with Gasteiger partial charge in [0.2, 0.25) is 0 Å². The fourth-order valence-corrected chi connectivity index (χ4v) is 0.767. The molecule has 0 bridgehead atoms. The summed E-state index contributed by atoms with van der Waals surface area (Å²) in [7, 11) is 0. The molecule has 74 valence electrons. The van der Waals surface area contributed by atoms with Crippen LogP contribution in [0.5, 0.6) is 0 Å². The normalized spacial score (nSPS) is 9.57. The number of carbonyl (C=O) groups excluding carboxylic acids is 2. The van der Waals surface area contributed by atoms with Crippen molar-refractivity contribution in [1.29, 1.82) is 0 Å². The van der Waals surface area contributed by atoms with Gasteiger partial charge in [-0.25, -0.2) is 8.78 Å². The highest BCUT2D eigenvalue weighted by molar-refractivity contribution is 6.39. The van der Waals surface area contributed by atoms with Crippen LogP contribution in [0.3, 0.4) is 0 Å². The van der Waals surface area contributed by atoms with Crippen LogP contribution in [0.4, 0.5) is 14.5 Å². The maximum Gasteiger partial charge on any atom is 0.313 e. The fourth-order valence-electron chi connectivity index (χ4n) is 0.767. The lowest BCUT2D eigenvalue weighted by Gasteiger charge is -2.02. The smallest absolute Gasteiger partial charge is 0.313 e. The van der Waals surface area contributed by atoms with Gasteiger partial charge >= 0.3 is 11.8 Å². The largest absolute Gasteiger partial charge is 0.361 e. The number of halogens is 2. The molecule has 0 aliphatic carbocycles. The van der Waals surface area contributed by atoms with Gasteiger partial charge in [-0.1, -0.05) is 0 Å². The predicted molar refractivity (Wildman–Crippen MR) is 44.2 cm³/mol. The van der Waals surface area contributed by atoms with E-state index < -0.39 is 23.4 Å². The summed E-state index contributed by atoms with van der Waals surface area (Å²) in [4.78, 5) is 21.0. The summed E-state index contributed by atoms with van der Waals surface area (Å²) in [6, 6.07) is 2.68. The van der Waals surface area contributed by atoms with Crippen molar-refractivity contribution in [2.75, 3.05) is 5.32 Å². The van der Waals surface area contributed by atoms with Crippen molar-refractivity contribution in [1.82, 2.24) is 0 Å². The van der Waals surface area contributed by atoms with Crippen LogP contribution in [-0.4, -0.2) is 11.8 Å². The molecule has 0 aliphatic rings. The van der Waals surface area contributed by atoms with E-state index in [1.165, 1.54) is 0 Å². The standard InChI is InChI=1S/C8H6F2N2O2/c9-5-2-1-4(3-6(5)10)12-8(14)7(11)13/h1-3H,(H2,11,13)(H,12,14). The van der Waals surface area contributed by atoms with E-state index in [0.717, 1.165) is 18.2 Å². The second-order valence-corrected chi connectivity index (χ2v) is 2.45. The molecule has 3 N–H and O–H groups in total. The van der Waals surface area contributed by atoms with Crippen LogP contribution in [0.1, 0.15) is 0 Å². The number of carbonyl (C=O) groups is 2. The molecule has 6 heteroatoms. The van der Waals surface area contributed by atoms with Crippen molar-refractivity contribution >= 4 is 17.5 Å². The first kappa shape index (κ1) is 10.1. The molecule has 0 aliphatic heterocycles. The summed E-state index contributed by atoms with van der Waals surface area (Å²) < 4.78 is 25.0. The average Bonchev–Trinajstić information content (AvgIpc) is 2.11. The van der Waals surface area contributed by atoms with Crippen molar-refractivity contribution < 1.29 is 18.4 Å². The summed E-state index contributed by atoms with van der Waals surface area (Å²) in [5.74, 6) is -4.44. The Hall–Kier alpha value is -1.98. The highest BCUT2D eigenvalue weighted by Crippen LogP contribution is 2.12. The summed E-state index contributed by atoms with van der Waals surface area (Å²) >= 11 is 0. The Labute approximate surface area is 77.7 Å². The van der Waals surface area contributed by atoms with Gasteiger partial charge in [0.25, 0.3) is 0 Å². The predicted octanol–water partition coefficient (Wildman–Crippen LogP) is 0.389. The number of anilines is 1. The zero-order chi connectivity index (χ0) is 10.7. The van der Waals surface area contributed by atoms with Gasteiger partial charge in [-0.3, -0.25) is 9.59 Å². The first-order valence-corrected chi connectivity index (χ1v) is 3.56. The summed E-state index contributed by atoms with van der Waals surface area (Å²) in [6.07, 6.45) is 0. The molecule has 0 spiro atoms. The van der Waals surface area contributed by atoms with Crippen molar-refractivity contribution in [3.05, 3.63) is 29.8 Å². The highest BCUT2D eigenvalue weighted by Gasteiger charge is 2.10. The van der Waals surface area contributed by atoms with Crippen LogP contribution in [0.15, 0.2) is 18.2 Å². The second kappa shape index (κ2) is 3.82. The van der Waals surface area contributed by atoms with Crippen molar-refractivity contribution in [2.24, 2.45) is 5.73 Å². The lowest BCUT2D eigenvalue weighted by atomic mass is 10.3. The summed E-state index contributed by atoms with van der Waals surface area (Å²) in [5, 5.41) is 1.99. The van der Waals surface area contributed by atoms with Crippen LogP contribution < -0.4 is 11.1 Å². The highest BCUT2D eigenvalue weighted by atomic mass is 19.2. The number of primary amides is 1. The second-order valence-electron chi connectivity index (χ2n) is 2.45. The van der Waals surface area contributed by atoms with Gasteiger partial charge in [0, 0.05) is 11.8 Å². The molecule has 0 saturated carbocycles. The Balaban J connectivity index is 2.83. The molecule has 0 atom stereocenters. The third-order valence-electron chi connectivity index (χ3n) is 1.40. The minimum Gasteiger partial charge on any atom is -0.361 e. The van der Waals surface area contributed by atoms with Gasteiger partial charge in [-0.05, 0) is 12.1 Å². The minimum atomic E-state index is -1.20. The first-order valence-electron chi connectivity index (χ1n) is 3.56. The number of benzene rings is 1. The number of amides is 2. The van der Waals surface area contributed by atoms with Crippen molar-refractivity contribution in [3.63, 3.8) is 0 Å². The molecular weight excluding hydrogens is 194 g/mol. The van der Waals surface area contributed by atoms with Crippen LogP contribution in [0.2, 0.25) is 0 Å². The van der Waals surface area contributed by atoms with E-state index in [1.807, 2.05) is 5.32 Å². The molecule has 4 nitrogen and oxygen atoms in total. The Bertz CT molecular complexity index is 393. The van der Waals surface area contributed by atoms with E-state index in [-0.39, 0.29) is 5.69 Å². The van der Waals surface area contributed by atoms with Gasteiger partial charge < -0.3 is 11.1 Å². The van der Waals surface area contributed by atoms with Crippen LogP contribution in [0, 0.1) is 11.6 Å². The third kappa shape index (κ3) is 2.25. The Morgan fingerprint density at radius 2 is 1.86 bits per heavy atom. The zero-order valence-electron chi connectivity index (χ0n) is 6.88. The molecule has 0 fully saturated rings. The van der Waals surface area contributed by atoms with Gasteiger partial charge in [0.15, 0.2) is 11.6 Å². The Morgan fingerprint density at radius 3 is 2.36 bits per heavy atom. The third-order valence-corrected chi connectivity index (χ3v) is 1.40. The molecule has 0 unspecified atom stereocenters. The molecule has 0 heterocycles. The van der Waals surface area contributed by atoms with E-state index in [2.05, 4.69) is 5.73 Å². The lowest BCUT2D eigenvalue weighted by molar-refractivity contribution is -0.134. The molecule has 1 rings (SSSR count). The van der Waals surface area contributed by atoms with Crippen LogP contribution >= 0.6 is 0 Å². The minimum absolute atomic E-state index is 0.0345. The maximum absolute atomic E-state index is 12.6. The van der Waals surface area contributed by atoms with E-state index in [4.69, 9.17) is 0 Å². The first-order chi connectivity index (χ1) is 6.50. The zero-order valence-corrected chi connectivity index (χ0v) is 6.88. The van der Waals surface area contributed by atoms with E-state index in [9.17, 15) is 18.4 Å². The Morgan fingerprint density at radius 1 is 1.21 bits per heavy atom. The number of nitrogens with one attached hydrogen (secondary N) is 1. The van der Waals surface area contributed by atoms with Crippen LogP contribution in [-0.2, 0) is 9.59 Å². The van der Waals surface area contributed by atoms with Crippen molar-refractivity contribution in [2.45, 2.75) is 0 Å². The van der Waals surface area contributed by atoms with Gasteiger partial charge in [0.1, 0.15) is 0 Å². The number of nitrogens with two attached hydrogens (primary N) is 1. The quantitative estimate of drug-likeness (QED) is 0.643. The lowest BCUT2D eigenvalue weighted by Crippen LogP contribution is -2.29. The molecule has 0 aromatic heterocycles. The van der Waals surface area contributed by atoms with Gasteiger partial charge in [-0.15, -0.1) is 0 Å². The molecule has 0 radical (unpaired) electrons. The van der Waals surface area contributed by atoms with Gasteiger partial charge in [-0.2, -0.15) is 0 Å². The number of hydrogen-bond donors (Lipinski definition) is 2. The van der Waals surface area contributed by atoms with Crippen LogP contribution in [0.25, 0.3) is 0 Å². The Kier molecular flexibility index (Phi) is 2.76. The molecule has 1 aromatic rings. The molecule has 2 amide bonds. The fraction of sp³-hybridized carbons (Fsp3) is 0. The van der Waals surface area contributed by atoms with E-state index >= 15 is 0 Å². The van der Waals surface area contributed by atoms with E-state index in [1.54, 1.807) is 0 Å².